The van der Waals surface area contributed by atoms with E-state index in [1.54, 1.807) is 5.57 Å². The maximum absolute atomic E-state index is 2.41. The molecule has 14 heavy (non-hydrogen) atoms. The quantitative estimate of drug-likeness (QED) is 0.595. The lowest BCUT2D eigenvalue weighted by molar-refractivity contribution is -0.498. The lowest BCUT2D eigenvalue weighted by Crippen LogP contribution is -2.25. The second kappa shape index (κ2) is 6.80. The largest absolute Gasteiger partial charge is 0.236 e. The first kappa shape index (κ1) is 13.4. The SMILES string of the molecule is CC.CCC1=[N+](C)CCC=C1C(C)C. The average Bonchev–Trinajstić information content (AvgIpc) is 2.20. The molecule has 82 valence electrons. The van der Waals surface area contributed by atoms with E-state index in [0.29, 0.717) is 5.92 Å². The summed E-state index contributed by atoms with van der Waals surface area (Å²) in [6.07, 6.45) is 4.79. The van der Waals surface area contributed by atoms with Crippen LogP contribution in [0.25, 0.3) is 0 Å². The molecular formula is C13H26N+. The molecule has 0 aromatic carbocycles. The molecule has 1 heterocycles. The third-order valence-corrected chi connectivity index (χ3v) is 2.58. The number of hydrogen-bond donors (Lipinski definition) is 0. The van der Waals surface area contributed by atoms with Crippen molar-refractivity contribution in [1.29, 1.82) is 0 Å². The zero-order valence-electron chi connectivity index (χ0n) is 10.7. The molecular weight excluding hydrogens is 170 g/mol. The summed E-state index contributed by atoms with van der Waals surface area (Å²) >= 11 is 0. The van der Waals surface area contributed by atoms with Crippen LogP contribution in [-0.4, -0.2) is 23.9 Å². The van der Waals surface area contributed by atoms with E-state index in [4.69, 9.17) is 0 Å². The minimum absolute atomic E-state index is 0.683. The van der Waals surface area contributed by atoms with Crippen molar-refractivity contribution in [3.63, 3.8) is 0 Å². The molecule has 0 bridgehead atoms. The van der Waals surface area contributed by atoms with Crippen LogP contribution in [0.15, 0.2) is 11.6 Å². The van der Waals surface area contributed by atoms with E-state index < -0.39 is 0 Å². The highest BCUT2D eigenvalue weighted by Crippen LogP contribution is 2.17. The van der Waals surface area contributed by atoms with E-state index in [1.807, 2.05) is 13.8 Å². The van der Waals surface area contributed by atoms with Crippen molar-refractivity contribution >= 4 is 5.71 Å². The van der Waals surface area contributed by atoms with Gasteiger partial charge in [0.2, 0.25) is 0 Å². The van der Waals surface area contributed by atoms with Crippen LogP contribution in [0.2, 0.25) is 0 Å². The van der Waals surface area contributed by atoms with Crippen LogP contribution in [0, 0.1) is 5.92 Å². The maximum atomic E-state index is 2.41. The van der Waals surface area contributed by atoms with Crippen molar-refractivity contribution in [2.45, 2.75) is 47.5 Å². The average molecular weight is 196 g/mol. The van der Waals surface area contributed by atoms with Crippen LogP contribution in [0.5, 0.6) is 0 Å². The molecule has 0 saturated carbocycles. The Balaban J connectivity index is 0.000000791. The fraction of sp³-hybridized carbons (Fsp3) is 0.769. The van der Waals surface area contributed by atoms with Crippen molar-refractivity contribution in [2.75, 3.05) is 13.6 Å². The van der Waals surface area contributed by atoms with Crippen LogP contribution in [-0.2, 0) is 0 Å². The molecule has 1 heteroatoms. The Morgan fingerprint density at radius 2 is 1.93 bits per heavy atom. The minimum atomic E-state index is 0.683. The first-order chi connectivity index (χ1) is 6.66. The number of rotatable bonds is 2. The molecule has 1 nitrogen and oxygen atoms in total. The van der Waals surface area contributed by atoms with Gasteiger partial charge in [0.15, 0.2) is 5.71 Å². The van der Waals surface area contributed by atoms with Crippen molar-refractivity contribution in [3.05, 3.63) is 11.6 Å². The highest BCUT2D eigenvalue weighted by Gasteiger charge is 2.20. The van der Waals surface area contributed by atoms with Gasteiger partial charge in [0, 0.05) is 18.4 Å². The summed E-state index contributed by atoms with van der Waals surface area (Å²) in [4.78, 5) is 0. The molecule has 0 radical (unpaired) electrons. The standard InChI is InChI=1S/C11H20N.C2H6/c1-5-11-10(9(2)3)7-6-8-12(11)4;1-2/h7,9H,5-6,8H2,1-4H3;1-2H3/q+1;. The summed E-state index contributed by atoms with van der Waals surface area (Å²) in [5.41, 5.74) is 3.10. The zero-order valence-corrected chi connectivity index (χ0v) is 10.7. The van der Waals surface area contributed by atoms with Crippen LogP contribution in [0.1, 0.15) is 47.5 Å². The molecule has 1 rings (SSSR count). The van der Waals surface area contributed by atoms with Gasteiger partial charge in [0.25, 0.3) is 0 Å². The van der Waals surface area contributed by atoms with Crippen LogP contribution in [0.3, 0.4) is 0 Å². The normalized spacial score (nSPS) is 16.4. The van der Waals surface area contributed by atoms with Gasteiger partial charge in [-0.05, 0) is 5.92 Å². The van der Waals surface area contributed by atoms with Gasteiger partial charge in [0.05, 0.1) is 0 Å². The van der Waals surface area contributed by atoms with Crippen molar-refractivity contribution in [2.24, 2.45) is 5.92 Å². The van der Waals surface area contributed by atoms with Crippen LogP contribution in [0.4, 0.5) is 0 Å². The molecule has 0 unspecified atom stereocenters. The molecule has 0 aromatic heterocycles. The first-order valence-corrected chi connectivity index (χ1v) is 5.94. The topological polar surface area (TPSA) is 3.01 Å². The van der Waals surface area contributed by atoms with Crippen LogP contribution < -0.4 is 0 Å². The van der Waals surface area contributed by atoms with Gasteiger partial charge in [0.1, 0.15) is 13.6 Å². The summed E-state index contributed by atoms with van der Waals surface area (Å²) < 4.78 is 2.40. The van der Waals surface area contributed by atoms with E-state index in [2.05, 4.69) is 38.5 Å². The molecule has 1 aliphatic heterocycles. The van der Waals surface area contributed by atoms with Crippen molar-refractivity contribution in [3.8, 4) is 0 Å². The molecule has 0 aliphatic carbocycles. The highest BCUT2D eigenvalue weighted by molar-refractivity contribution is 5.96. The Hall–Kier alpha value is -0.590. The van der Waals surface area contributed by atoms with E-state index in [0.717, 1.165) is 0 Å². The van der Waals surface area contributed by atoms with Crippen molar-refractivity contribution in [1.82, 2.24) is 0 Å². The maximum Gasteiger partial charge on any atom is 0.178 e. The lowest BCUT2D eigenvalue weighted by Gasteiger charge is -2.16. The first-order valence-electron chi connectivity index (χ1n) is 5.94. The molecule has 0 atom stereocenters. The summed E-state index contributed by atoms with van der Waals surface area (Å²) in [5, 5.41) is 0. The van der Waals surface area contributed by atoms with Gasteiger partial charge < -0.3 is 0 Å². The van der Waals surface area contributed by atoms with Gasteiger partial charge >= 0.3 is 0 Å². The number of hydrogen-bond acceptors (Lipinski definition) is 0. The van der Waals surface area contributed by atoms with Gasteiger partial charge in [-0.1, -0.05) is 40.7 Å². The molecule has 0 saturated heterocycles. The fourth-order valence-corrected chi connectivity index (χ4v) is 1.93. The molecule has 0 amide bonds. The summed E-state index contributed by atoms with van der Waals surface area (Å²) in [7, 11) is 2.20. The fourth-order valence-electron chi connectivity index (χ4n) is 1.93. The molecule has 0 N–H and O–H groups in total. The summed E-state index contributed by atoms with van der Waals surface area (Å²) in [6, 6.07) is 0. The third kappa shape index (κ3) is 3.28. The van der Waals surface area contributed by atoms with Crippen molar-refractivity contribution < 1.29 is 4.58 Å². The Bertz CT molecular complexity index is 221. The molecule has 1 aliphatic rings. The molecule has 0 aromatic rings. The Kier molecular flexibility index (Phi) is 6.52. The third-order valence-electron chi connectivity index (χ3n) is 2.58. The van der Waals surface area contributed by atoms with E-state index >= 15 is 0 Å². The molecule has 0 spiro atoms. The second-order valence-electron chi connectivity index (χ2n) is 3.82. The Labute approximate surface area is 89.5 Å². The summed E-state index contributed by atoms with van der Waals surface area (Å²) in [5.74, 6) is 0.683. The molecule has 0 fully saturated rings. The summed E-state index contributed by atoms with van der Waals surface area (Å²) in [6.45, 7) is 12.0. The van der Waals surface area contributed by atoms with Gasteiger partial charge in [-0.25, -0.2) is 4.58 Å². The minimum Gasteiger partial charge on any atom is -0.236 e. The number of nitrogens with zero attached hydrogens (tertiary/aromatic N) is 1. The highest BCUT2D eigenvalue weighted by atomic mass is 15.0. The van der Waals surface area contributed by atoms with E-state index in [9.17, 15) is 0 Å². The predicted molar refractivity (Wildman–Crippen MR) is 65.2 cm³/mol. The number of allylic oxidation sites excluding steroid dienone is 1. The Morgan fingerprint density at radius 3 is 2.29 bits per heavy atom. The van der Waals surface area contributed by atoms with Crippen LogP contribution >= 0.6 is 0 Å². The van der Waals surface area contributed by atoms with Gasteiger partial charge in [-0.15, -0.1) is 0 Å². The smallest absolute Gasteiger partial charge is 0.178 e. The Morgan fingerprint density at radius 1 is 1.36 bits per heavy atom. The zero-order chi connectivity index (χ0) is 11.1. The second-order valence-corrected chi connectivity index (χ2v) is 3.82. The predicted octanol–water partition coefficient (Wildman–Crippen LogP) is 3.49. The van der Waals surface area contributed by atoms with Gasteiger partial charge in [-0.3, -0.25) is 0 Å². The van der Waals surface area contributed by atoms with E-state index in [-0.39, 0.29) is 0 Å². The lowest BCUT2D eigenvalue weighted by atomic mass is 9.93. The van der Waals surface area contributed by atoms with Gasteiger partial charge in [-0.2, -0.15) is 0 Å². The van der Waals surface area contributed by atoms with E-state index in [1.165, 1.54) is 25.1 Å². The monoisotopic (exact) mass is 196 g/mol.